The molecule has 2 fully saturated rings. The van der Waals surface area contributed by atoms with Crippen LogP contribution in [0.25, 0.3) is 0 Å². The largest absolute Gasteiger partial charge is 0.466 e. The molecular weight excluding hydrogens is 264 g/mol. The fourth-order valence-electron chi connectivity index (χ4n) is 3.80. The number of hydrogen-bond donors (Lipinski definition) is 1. The van der Waals surface area contributed by atoms with Gasteiger partial charge >= 0.3 is 5.97 Å². The van der Waals surface area contributed by atoms with Gasteiger partial charge in [-0.3, -0.25) is 9.69 Å². The number of nitrogens with zero attached hydrogens (tertiary/aromatic N) is 1. The van der Waals surface area contributed by atoms with Crippen molar-refractivity contribution < 1.29 is 9.53 Å². The molecule has 1 aromatic rings. The Bertz CT molecular complexity index is 483. The minimum Gasteiger partial charge on any atom is -0.466 e. The Morgan fingerprint density at radius 2 is 2.24 bits per heavy atom. The molecule has 2 heterocycles. The topological polar surface area (TPSA) is 41.6 Å². The van der Waals surface area contributed by atoms with E-state index in [-0.39, 0.29) is 17.3 Å². The molecule has 0 aromatic heterocycles. The Kier molecular flexibility index (Phi) is 4.27. The van der Waals surface area contributed by atoms with E-state index in [4.69, 9.17) is 4.74 Å². The van der Waals surface area contributed by atoms with Gasteiger partial charge in [0.15, 0.2) is 0 Å². The van der Waals surface area contributed by atoms with E-state index in [1.54, 1.807) is 0 Å². The van der Waals surface area contributed by atoms with Gasteiger partial charge in [0.2, 0.25) is 0 Å². The van der Waals surface area contributed by atoms with Gasteiger partial charge in [-0.15, -0.1) is 0 Å². The van der Waals surface area contributed by atoms with Crippen LogP contribution in [-0.4, -0.2) is 43.7 Å². The molecule has 4 nitrogen and oxygen atoms in total. The van der Waals surface area contributed by atoms with E-state index in [2.05, 4.69) is 34.5 Å². The first-order valence-electron chi connectivity index (χ1n) is 7.87. The highest BCUT2D eigenvalue weighted by Gasteiger charge is 2.51. The Hall–Kier alpha value is -1.39. The maximum Gasteiger partial charge on any atom is 0.310 e. The molecule has 1 spiro atoms. The van der Waals surface area contributed by atoms with E-state index in [0.717, 1.165) is 39.1 Å². The van der Waals surface area contributed by atoms with Crippen molar-refractivity contribution >= 4 is 5.97 Å². The molecule has 0 amide bonds. The van der Waals surface area contributed by atoms with Crippen molar-refractivity contribution in [3.05, 3.63) is 35.9 Å². The Balaban J connectivity index is 1.73. The van der Waals surface area contributed by atoms with Crippen LogP contribution in [0.3, 0.4) is 0 Å². The van der Waals surface area contributed by atoms with Gasteiger partial charge in [0.1, 0.15) is 0 Å². The third kappa shape index (κ3) is 2.97. The van der Waals surface area contributed by atoms with E-state index in [1.807, 2.05) is 13.0 Å². The number of hydrogen-bond acceptors (Lipinski definition) is 4. The van der Waals surface area contributed by atoms with Crippen molar-refractivity contribution in [1.82, 2.24) is 10.2 Å². The van der Waals surface area contributed by atoms with Crippen LogP contribution in [-0.2, 0) is 16.1 Å². The minimum absolute atomic E-state index is 0.0103. The van der Waals surface area contributed by atoms with Crippen LogP contribution in [0.2, 0.25) is 0 Å². The second kappa shape index (κ2) is 6.16. The van der Waals surface area contributed by atoms with Crippen LogP contribution in [0.15, 0.2) is 30.3 Å². The SMILES string of the molecule is CCOC(=O)C1CN(Cc2ccccc2)CC12CCNC2. The molecule has 2 aliphatic heterocycles. The van der Waals surface area contributed by atoms with Crippen molar-refractivity contribution in [2.75, 3.05) is 32.8 Å². The molecule has 0 saturated carbocycles. The molecule has 0 aliphatic carbocycles. The zero-order chi connectivity index (χ0) is 14.7. The van der Waals surface area contributed by atoms with E-state index >= 15 is 0 Å². The maximum atomic E-state index is 12.3. The lowest BCUT2D eigenvalue weighted by atomic mass is 9.77. The minimum atomic E-state index is -0.0169. The van der Waals surface area contributed by atoms with Gasteiger partial charge in [0.05, 0.1) is 12.5 Å². The van der Waals surface area contributed by atoms with Crippen molar-refractivity contribution in [2.24, 2.45) is 11.3 Å². The quantitative estimate of drug-likeness (QED) is 0.856. The average molecular weight is 288 g/mol. The third-order valence-corrected chi connectivity index (χ3v) is 4.82. The van der Waals surface area contributed by atoms with Crippen molar-refractivity contribution in [3.8, 4) is 0 Å². The van der Waals surface area contributed by atoms with E-state index in [9.17, 15) is 4.79 Å². The summed E-state index contributed by atoms with van der Waals surface area (Å²) < 4.78 is 5.32. The van der Waals surface area contributed by atoms with Crippen LogP contribution >= 0.6 is 0 Å². The molecule has 1 N–H and O–H groups in total. The standard InChI is InChI=1S/C17H24N2O2/c1-2-21-16(20)15-11-19(10-14-6-4-3-5-7-14)13-17(15)8-9-18-12-17/h3-7,15,18H,2,8-13H2,1H3. The predicted octanol–water partition coefficient (Wildman–Crippen LogP) is 1.66. The summed E-state index contributed by atoms with van der Waals surface area (Å²) in [4.78, 5) is 14.7. The van der Waals surface area contributed by atoms with Gasteiger partial charge in [-0.25, -0.2) is 0 Å². The van der Waals surface area contributed by atoms with Crippen LogP contribution < -0.4 is 5.32 Å². The summed E-state index contributed by atoms with van der Waals surface area (Å²) in [7, 11) is 0. The molecule has 114 valence electrons. The van der Waals surface area contributed by atoms with Crippen molar-refractivity contribution in [3.63, 3.8) is 0 Å². The highest BCUT2D eigenvalue weighted by molar-refractivity contribution is 5.74. The molecule has 3 rings (SSSR count). The molecule has 2 atom stereocenters. The summed E-state index contributed by atoms with van der Waals surface area (Å²) in [6.07, 6.45) is 1.07. The Labute approximate surface area is 126 Å². The summed E-state index contributed by atoms with van der Waals surface area (Å²) >= 11 is 0. The fraction of sp³-hybridized carbons (Fsp3) is 0.588. The number of carbonyl (C=O) groups is 1. The second-order valence-corrected chi connectivity index (χ2v) is 6.25. The maximum absolute atomic E-state index is 12.3. The molecule has 2 unspecified atom stereocenters. The van der Waals surface area contributed by atoms with E-state index < -0.39 is 0 Å². The number of likely N-dealkylation sites (tertiary alicyclic amines) is 1. The van der Waals surface area contributed by atoms with Gasteiger partial charge in [-0.2, -0.15) is 0 Å². The highest BCUT2D eigenvalue weighted by atomic mass is 16.5. The van der Waals surface area contributed by atoms with Gasteiger partial charge in [0.25, 0.3) is 0 Å². The summed E-state index contributed by atoms with van der Waals surface area (Å²) in [5.74, 6) is -0.00655. The summed E-state index contributed by atoms with van der Waals surface area (Å²) in [6, 6.07) is 10.5. The van der Waals surface area contributed by atoms with E-state index in [0.29, 0.717) is 6.61 Å². The molecule has 21 heavy (non-hydrogen) atoms. The van der Waals surface area contributed by atoms with Crippen molar-refractivity contribution in [1.29, 1.82) is 0 Å². The first kappa shape index (κ1) is 14.5. The van der Waals surface area contributed by atoms with Crippen LogP contribution in [0.4, 0.5) is 0 Å². The Morgan fingerprint density at radius 3 is 2.90 bits per heavy atom. The number of ether oxygens (including phenoxy) is 1. The molecular formula is C17H24N2O2. The number of rotatable bonds is 4. The van der Waals surface area contributed by atoms with Gasteiger partial charge < -0.3 is 10.1 Å². The highest BCUT2D eigenvalue weighted by Crippen LogP contribution is 2.42. The first-order chi connectivity index (χ1) is 10.2. The molecule has 4 heteroatoms. The number of benzene rings is 1. The number of carbonyl (C=O) groups excluding carboxylic acids is 1. The van der Waals surface area contributed by atoms with Crippen LogP contribution in [0, 0.1) is 11.3 Å². The van der Waals surface area contributed by atoms with Gasteiger partial charge in [-0.1, -0.05) is 30.3 Å². The molecule has 0 bridgehead atoms. The smallest absolute Gasteiger partial charge is 0.310 e. The van der Waals surface area contributed by atoms with Crippen LogP contribution in [0.1, 0.15) is 18.9 Å². The monoisotopic (exact) mass is 288 g/mol. The van der Waals surface area contributed by atoms with Crippen molar-refractivity contribution in [2.45, 2.75) is 19.9 Å². The summed E-state index contributed by atoms with van der Waals surface area (Å²) in [5, 5.41) is 3.43. The zero-order valence-corrected chi connectivity index (χ0v) is 12.7. The third-order valence-electron chi connectivity index (χ3n) is 4.82. The normalized spacial score (nSPS) is 29.1. The predicted molar refractivity (Wildman–Crippen MR) is 81.8 cm³/mol. The summed E-state index contributed by atoms with van der Waals surface area (Å²) in [6.45, 7) is 7.01. The molecule has 2 saturated heterocycles. The summed E-state index contributed by atoms with van der Waals surface area (Å²) in [5.41, 5.74) is 1.38. The second-order valence-electron chi connectivity index (χ2n) is 6.25. The lowest BCUT2D eigenvalue weighted by Gasteiger charge is -2.27. The Morgan fingerprint density at radius 1 is 1.43 bits per heavy atom. The van der Waals surface area contributed by atoms with Gasteiger partial charge in [0, 0.05) is 31.6 Å². The van der Waals surface area contributed by atoms with Crippen LogP contribution in [0.5, 0.6) is 0 Å². The first-order valence-corrected chi connectivity index (χ1v) is 7.87. The fourth-order valence-corrected chi connectivity index (χ4v) is 3.80. The number of nitrogens with one attached hydrogen (secondary N) is 1. The molecule has 2 aliphatic rings. The zero-order valence-electron chi connectivity index (χ0n) is 12.7. The lowest BCUT2D eigenvalue weighted by Crippen LogP contribution is -2.37. The molecule has 1 aromatic carbocycles. The lowest BCUT2D eigenvalue weighted by molar-refractivity contribution is -0.150. The molecule has 0 radical (unpaired) electrons. The van der Waals surface area contributed by atoms with Gasteiger partial charge in [-0.05, 0) is 25.5 Å². The van der Waals surface area contributed by atoms with E-state index in [1.165, 1.54) is 5.56 Å². The number of esters is 1. The average Bonchev–Trinajstić information content (AvgIpc) is 3.09.